The van der Waals surface area contributed by atoms with E-state index in [4.69, 9.17) is 33.2 Å². The lowest BCUT2D eigenvalue weighted by atomic mass is 9.76. The van der Waals surface area contributed by atoms with E-state index in [0.717, 1.165) is 61.0 Å². The van der Waals surface area contributed by atoms with Crippen LogP contribution in [0, 0.1) is 11.8 Å². The zero-order valence-electron chi connectivity index (χ0n) is 46.1. The minimum Gasteiger partial charge on any atom is -0.356 e. The average Bonchev–Trinajstić information content (AvgIpc) is 4.02. The van der Waals surface area contributed by atoms with E-state index < -0.39 is 11.1 Å². The second-order valence-electron chi connectivity index (χ2n) is 21.7. The standard InChI is InChI=1S/2C36H34ClN3O.CH4.2H2/c37-32-20-16-27(17-21-32)19-23-35(41)38-25-28-18-22-34-33(24-28)39-26-40(34)36(29-10-4-1-5-11-29,30-12-6-2-7-13-30)31-14-8-3-9-15-31;37-32-20-16-27(17-21-32)19-23-35(41)38-25-28-18-22-33-34(24-28)40(26-39-33)36(29-10-4-1-5-11-29,30-12-6-2-7-13-30)31-14-8-3-9-15-31;;;/h2*1-17,20-21,26,28H,18-19,22-25H2,(H,38,41);1H4;2*1H. The normalized spacial score (nSPS) is 14.6. The Morgan fingerprint density at radius 1 is 0.434 bits per heavy atom. The first kappa shape index (κ1) is 57.9. The van der Waals surface area contributed by atoms with Crippen LogP contribution < -0.4 is 10.6 Å². The molecule has 2 unspecified atom stereocenters. The molecule has 2 aliphatic rings. The smallest absolute Gasteiger partial charge is 0.220 e. The average molecular weight is 1140 g/mol. The summed E-state index contributed by atoms with van der Waals surface area (Å²) >= 11 is 12.0. The molecule has 12 rings (SSSR count). The van der Waals surface area contributed by atoms with E-state index >= 15 is 0 Å². The van der Waals surface area contributed by atoms with Crippen LogP contribution in [-0.2, 0) is 59.2 Å². The van der Waals surface area contributed by atoms with Gasteiger partial charge in [-0.15, -0.1) is 0 Å². The molecule has 10 aromatic rings. The summed E-state index contributed by atoms with van der Waals surface area (Å²) in [6, 6.07) is 79.8. The second kappa shape index (κ2) is 27.2. The molecule has 0 spiro atoms. The third-order valence-electron chi connectivity index (χ3n) is 16.6. The van der Waals surface area contributed by atoms with Crippen molar-refractivity contribution in [3.05, 3.63) is 321 Å². The molecule has 0 bridgehead atoms. The number of halogens is 2. The first-order chi connectivity index (χ1) is 40.3. The molecule has 0 saturated carbocycles. The van der Waals surface area contributed by atoms with Crippen molar-refractivity contribution in [2.24, 2.45) is 11.8 Å². The second-order valence-corrected chi connectivity index (χ2v) is 22.6. The van der Waals surface area contributed by atoms with Crippen molar-refractivity contribution in [1.82, 2.24) is 29.7 Å². The monoisotopic (exact) mass is 1140 g/mol. The van der Waals surface area contributed by atoms with Crippen molar-refractivity contribution in [2.75, 3.05) is 13.1 Å². The molecule has 0 saturated heterocycles. The Hall–Kier alpha value is -8.30. The lowest BCUT2D eigenvalue weighted by molar-refractivity contribution is -0.122. The number of aromatic nitrogens is 4. The van der Waals surface area contributed by atoms with Gasteiger partial charge in [0.2, 0.25) is 11.8 Å². The summed E-state index contributed by atoms with van der Waals surface area (Å²) in [6.07, 6.45) is 12.0. The van der Waals surface area contributed by atoms with Crippen LogP contribution in [0.5, 0.6) is 0 Å². The third-order valence-corrected chi connectivity index (χ3v) is 17.1. The molecule has 424 valence electrons. The van der Waals surface area contributed by atoms with Gasteiger partial charge < -0.3 is 19.8 Å². The fourth-order valence-electron chi connectivity index (χ4n) is 12.5. The highest BCUT2D eigenvalue weighted by Gasteiger charge is 2.43. The van der Waals surface area contributed by atoms with Crippen molar-refractivity contribution in [1.29, 1.82) is 0 Å². The van der Waals surface area contributed by atoms with Gasteiger partial charge in [0.05, 0.1) is 24.0 Å². The molecule has 8 nitrogen and oxygen atoms in total. The highest BCUT2D eigenvalue weighted by Crippen LogP contribution is 2.45. The molecule has 0 fully saturated rings. The van der Waals surface area contributed by atoms with E-state index in [9.17, 15) is 9.59 Å². The number of carbonyl (C=O) groups is 2. The van der Waals surface area contributed by atoms with Crippen molar-refractivity contribution >= 4 is 35.0 Å². The van der Waals surface area contributed by atoms with Gasteiger partial charge in [0.25, 0.3) is 0 Å². The highest BCUT2D eigenvalue weighted by molar-refractivity contribution is 6.30. The van der Waals surface area contributed by atoms with Crippen LogP contribution in [0.4, 0.5) is 0 Å². The van der Waals surface area contributed by atoms with Crippen molar-refractivity contribution in [2.45, 2.75) is 82.7 Å². The number of fused-ring (bicyclic) bond motifs is 2. The number of amides is 2. The summed E-state index contributed by atoms with van der Waals surface area (Å²) in [5.74, 6) is 0.890. The van der Waals surface area contributed by atoms with Crippen LogP contribution in [0.2, 0.25) is 10.0 Å². The van der Waals surface area contributed by atoms with Crippen molar-refractivity contribution < 1.29 is 12.4 Å². The minimum absolute atomic E-state index is 0. The van der Waals surface area contributed by atoms with Gasteiger partial charge in [0.1, 0.15) is 11.1 Å². The van der Waals surface area contributed by atoms with E-state index in [2.05, 4.69) is 202 Å². The fraction of sp³-hybridized carbons (Fsp3) is 0.233. The maximum Gasteiger partial charge on any atom is 0.220 e. The van der Waals surface area contributed by atoms with E-state index in [0.29, 0.717) is 60.7 Å². The Kier molecular flexibility index (Phi) is 19.0. The fourth-order valence-corrected chi connectivity index (χ4v) is 12.7. The summed E-state index contributed by atoms with van der Waals surface area (Å²) in [6.45, 7) is 1.34. The van der Waals surface area contributed by atoms with Gasteiger partial charge in [-0.25, -0.2) is 9.97 Å². The molecule has 0 aliphatic heterocycles. The molecular weight excluding hydrogens is 1060 g/mol. The van der Waals surface area contributed by atoms with Crippen LogP contribution >= 0.6 is 23.2 Å². The molecule has 2 heterocycles. The number of benzene rings is 8. The first-order valence-corrected chi connectivity index (χ1v) is 29.5. The maximum atomic E-state index is 12.7. The largest absolute Gasteiger partial charge is 0.356 e. The molecule has 10 heteroatoms. The number of imidazole rings is 2. The van der Waals surface area contributed by atoms with Gasteiger partial charge in [-0.2, -0.15) is 0 Å². The van der Waals surface area contributed by atoms with Gasteiger partial charge in [0.15, 0.2) is 0 Å². The molecule has 2 N–H and O–H groups in total. The highest BCUT2D eigenvalue weighted by atomic mass is 35.5. The topological polar surface area (TPSA) is 93.8 Å². The Morgan fingerprint density at radius 3 is 1.13 bits per heavy atom. The molecule has 2 amide bonds. The summed E-state index contributed by atoms with van der Waals surface area (Å²) in [7, 11) is 0. The number of nitrogens with one attached hydrogen (secondary N) is 2. The van der Waals surface area contributed by atoms with E-state index in [1.807, 2.05) is 61.2 Å². The Balaban J connectivity index is 0.000000214. The quantitative estimate of drug-likeness (QED) is 0.0837. The number of hydrogen-bond acceptors (Lipinski definition) is 4. The minimum atomic E-state index is -0.575. The maximum absolute atomic E-state index is 12.7. The van der Waals surface area contributed by atoms with E-state index in [1.54, 1.807) is 0 Å². The summed E-state index contributed by atoms with van der Waals surface area (Å²) in [5, 5.41) is 7.82. The molecule has 83 heavy (non-hydrogen) atoms. The van der Waals surface area contributed by atoms with Crippen LogP contribution in [0.15, 0.2) is 243 Å². The molecule has 2 aliphatic carbocycles. The van der Waals surface area contributed by atoms with Crippen LogP contribution in [-0.4, -0.2) is 44.0 Å². The zero-order valence-corrected chi connectivity index (χ0v) is 47.6. The molecular formula is C73H76Cl2N6O2. The number of nitrogens with zero attached hydrogens (tertiary/aromatic N) is 4. The van der Waals surface area contributed by atoms with Gasteiger partial charge in [-0.3, -0.25) is 9.59 Å². The molecule has 8 aromatic carbocycles. The van der Waals surface area contributed by atoms with E-state index in [1.165, 1.54) is 44.8 Å². The SMILES string of the molecule is C.O=C(CCc1ccc(Cl)cc1)NCC1CCc2c(ncn2C(c2ccccc2)(c2ccccc2)c2ccccc2)C1.O=C(CCc1ccc(Cl)cc1)NCC1CCc2ncn(C(c3ccccc3)(c3ccccc3)c3ccccc3)c2C1.[HH].[HH]. The van der Waals surface area contributed by atoms with Crippen LogP contribution in [0.3, 0.4) is 0 Å². The summed E-state index contributed by atoms with van der Waals surface area (Å²) < 4.78 is 4.81. The Labute approximate surface area is 502 Å². The van der Waals surface area contributed by atoms with Gasteiger partial charge in [-0.05, 0) is 132 Å². The summed E-state index contributed by atoms with van der Waals surface area (Å²) in [5.41, 5.74) is 13.1. The predicted molar refractivity (Wildman–Crippen MR) is 341 cm³/mol. The van der Waals surface area contributed by atoms with Crippen molar-refractivity contribution in [3.63, 3.8) is 0 Å². The zero-order chi connectivity index (χ0) is 56.1. The molecule has 2 atom stereocenters. The van der Waals surface area contributed by atoms with Crippen LogP contribution in [0.25, 0.3) is 0 Å². The van der Waals surface area contributed by atoms with E-state index in [-0.39, 0.29) is 22.1 Å². The number of hydrogen-bond donors (Lipinski definition) is 2. The Morgan fingerprint density at radius 2 is 0.759 bits per heavy atom. The number of aryl methyl sites for hydroxylation is 3. The predicted octanol–water partition coefficient (Wildman–Crippen LogP) is 15.6. The lowest BCUT2D eigenvalue weighted by Gasteiger charge is -2.39. The first-order valence-electron chi connectivity index (χ1n) is 28.8. The van der Waals surface area contributed by atoms with Gasteiger partial charge in [-0.1, -0.05) is 237 Å². The van der Waals surface area contributed by atoms with Gasteiger partial charge in [0, 0.05) is 50.2 Å². The Bertz CT molecular complexity index is 3470. The number of rotatable bonds is 18. The lowest BCUT2D eigenvalue weighted by Crippen LogP contribution is -2.40. The number of carbonyl (C=O) groups excluding carboxylic acids is 2. The van der Waals surface area contributed by atoms with Crippen LogP contribution in [0.1, 0.15) is 103 Å². The molecule has 2 aromatic heterocycles. The van der Waals surface area contributed by atoms with Crippen molar-refractivity contribution in [3.8, 4) is 0 Å². The summed E-state index contributed by atoms with van der Waals surface area (Å²) in [4.78, 5) is 35.3. The third kappa shape index (κ3) is 12.9. The van der Waals surface area contributed by atoms with Gasteiger partial charge >= 0.3 is 0 Å². The molecule has 0 radical (unpaired) electrons.